The molecule has 0 aliphatic heterocycles. The Morgan fingerprint density at radius 1 is 1.44 bits per heavy atom. The zero-order valence-corrected chi connectivity index (χ0v) is 11.9. The fraction of sp³-hybridized carbons (Fsp3) is 0.308. The third-order valence-electron chi connectivity index (χ3n) is 2.69. The zero-order chi connectivity index (χ0) is 13.1. The number of H-pyrrole nitrogens is 1. The van der Waals surface area contributed by atoms with Crippen LogP contribution in [0.3, 0.4) is 0 Å². The monoisotopic (exact) mass is 307 g/mol. The number of nitrogens with zero attached hydrogens (tertiary/aromatic N) is 2. The van der Waals surface area contributed by atoms with E-state index in [1.165, 1.54) is 0 Å². The molecule has 0 amide bonds. The van der Waals surface area contributed by atoms with E-state index in [1.54, 1.807) is 12.4 Å². The Labute approximate surface area is 114 Å². The fourth-order valence-electron chi connectivity index (χ4n) is 1.77. The topological polar surface area (TPSA) is 58.6 Å². The van der Waals surface area contributed by atoms with Crippen molar-refractivity contribution in [1.82, 2.24) is 15.0 Å². The first-order chi connectivity index (χ1) is 8.63. The number of aromatic nitrogens is 3. The molecule has 0 atom stereocenters. The Balaban J connectivity index is 2.59. The van der Waals surface area contributed by atoms with E-state index < -0.39 is 0 Å². The van der Waals surface area contributed by atoms with E-state index in [9.17, 15) is 4.79 Å². The van der Waals surface area contributed by atoms with Crippen LogP contribution in [0.5, 0.6) is 0 Å². The molecule has 5 heteroatoms. The molecule has 2 aromatic rings. The highest BCUT2D eigenvalue weighted by Gasteiger charge is 2.10. The van der Waals surface area contributed by atoms with E-state index in [0.29, 0.717) is 10.3 Å². The third-order valence-corrected chi connectivity index (χ3v) is 3.51. The second-order valence-corrected chi connectivity index (χ2v) is 4.91. The zero-order valence-electron chi connectivity index (χ0n) is 10.3. The van der Waals surface area contributed by atoms with Crippen molar-refractivity contribution in [1.29, 1.82) is 0 Å². The maximum absolute atomic E-state index is 11.9. The molecular formula is C13H14BrN3O. The van der Waals surface area contributed by atoms with E-state index in [1.807, 2.05) is 13.0 Å². The van der Waals surface area contributed by atoms with Crippen LogP contribution in [0.15, 0.2) is 27.7 Å². The van der Waals surface area contributed by atoms with Gasteiger partial charge in [-0.3, -0.25) is 9.78 Å². The van der Waals surface area contributed by atoms with Crippen LogP contribution in [0.2, 0.25) is 0 Å². The van der Waals surface area contributed by atoms with Crippen molar-refractivity contribution in [2.45, 2.75) is 26.7 Å². The first-order valence-electron chi connectivity index (χ1n) is 5.83. The smallest absolute Gasteiger partial charge is 0.265 e. The molecule has 0 radical (unpaired) electrons. The number of hydrogen-bond acceptors (Lipinski definition) is 3. The standard InChI is InChI=1S/C13H14BrN3O/c1-3-4-10-11(14)13(18)17-12(16-10)9-5-6-15-7-8(9)2/h5-7H,3-4H2,1-2H3,(H,16,17,18). The van der Waals surface area contributed by atoms with Crippen molar-refractivity contribution in [3.05, 3.63) is 44.5 Å². The minimum Gasteiger partial charge on any atom is -0.306 e. The lowest BCUT2D eigenvalue weighted by Gasteiger charge is -2.07. The quantitative estimate of drug-likeness (QED) is 0.948. The van der Waals surface area contributed by atoms with Gasteiger partial charge in [0.25, 0.3) is 5.56 Å². The van der Waals surface area contributed by atoms with Crippen LogP contribution in [0, 0.1) is 6.92 Å². The molecule has 2 rings (SSSR count). The number of pyridine rings is 1. The second kappa shape index (κ2) is 5.44. The van der Waals surface area contributed by atoms with Gasteiger partial charge in [-0.15, -0.1) is 0 Å². The Hall–Kier alpha value is -1.49. The largest absolute Gasteiger partial charge is 0.306 e. The summed E-state index contributed by atoms with van der Waals surface area (Å²) in [7, 11) is 0. The average Bonchev–Trinajstić information content (AvgIpc) is 2.35. The molecule has 0 saturated carbocycles. The van der Waals surface area contributed by atoms with Gasteiger partial charge in [0, 0.05) is 18.0 Å². The van der Waals surface area contributed by atoms with E-state index in [-0.39, 0.29) is 5.56 Å². The van der Waals surface area contributed by atoms with Crippen molar-refractivity contribution in [2.24, 2.45) is 0 Å². The molecule has 4 nitrogen and oxygen atoms in total. The minimum absolute atomic E-state index is 0.139. The van der Waals surface area contributed by atoms with E-state index in [4.69, 9.17) is 0 Å². The van der Waals surface area contributed by atoms with Gasteiger partial charge in [0.15, 0.2) is 0 Å². The number of halogens is 1. The molecule has 1 N–H and O–H groups in total. The van der Waals surface area contributed by atoms with Crippen molar-refractivity contribution < 1.29 is 0 Å². The van der Waals surface area contributed by atoms with Gasteiger partial charge in [-0.25, -0.2) is 4.98 Å². The summed E-state index contributed by atoms with van der Waals surface area (Å²) in [5, 5.41) is 0. The predicted molar refractivity (Wildman–Crippen MR) is 74.5 cm³/mol. The summed E-state index contributed by atoms with van der Waals surface area (Å²) in [6, 6.07) is 1.86. The van der Waals surface area contributed by atoms with Crippen LogP contribution >= 0.6 is 15.9 Å². The summed E-state index contributed by atoms with van der Waals surface area (Å²) in [4.78, 5) is 23.2. The summed E-state index contributed by atoms with van der Waals surface area (Å²) in [5.74, 6) is 0.603. The van der Waals surface area contributed by atoms with E-state index in [0.717, 1.165) is 29.7 Å². The maximum atomic E-state index is 11.9. The fourth-order valence-corrected chi connectivity index (χ4v) is 2.16. The molecule has 18 heavy (non-hydrogen) atoms. The molecule has 0 aliphatic rings. The highest BCUT2D eigenvalue weighted by molar-refractivity contribution is 9.10. The van der Waals surface area contributed by atoms with Crippen molar-refractivity contribution in [2.75, 3.05) is 0 Å². The van der Waals surface area contributed by atoms with Gasteiger partial charge in [0.2, 0.25) is 0 Å². The molecule has 2 heterocycles. The van der Waals surface area contributed by atoms with E-state index >= 15 is 0 Å². The molecule has 0 saturated heterocycles. The second-order valence-electron chi connectivity index (χ2n) is 4.12. The Kier molecular flexibility index (Phi) is 3.91. The summed E-state index contributed by atoms with van der Waals surface area (Å²) in [6.45, 7) is 4.01. The maximum Gasteiger partial charge on any atom is 0.265 e. The van der Waals surface area contributed by atoms with Crippen LogP contribution in [0.4, 0.5) is 0 Å². The van der Waals surface area contributed by atoms with Crippen LogP contribution in [0.25, 0.3) is 11.4 Å². The highest BCUT2D eigenvalue weighted by Crippen LogP contribution is 2.20. The van der Waals surface area contributed by atoms with Gasteiger partial charge in [0.1, 0.15) is 10.3 Å². The van der Waals surface area contributed by atoms with E-state index in [2.05, 4.69) is 37.8 Å². The van der Waals surface area contributed by atoms with Crippen LogP contribution < -0.4 is 5.56 Å². The molecule has 0 aliphatic carbocycles. The lowest BCUT2D eigenvalue weighted by molar-refractivity contribution is 0.860. The first kappa shape index (κ1) is 13.0. The van der Waals surface area contributed by atoms with Crippen LogP contribution in [-0.2, 0) is 6.42 Å². The van der Waals surface area contributed by atoms with Gasteiger partial charge in [-0.05, 0) is 40.9 Å². The highest BCUT2D eigenvalue weighted by atomic mass is 79.9. The van der Waals surface area contributed by atoms with Gasteiger partial charge >= 0.3 is 0 Å². The summed E-state index contributed by atoms with van der Waals surface area (Å²) >= 11 is 3.29. The number of aromatic amines is 1. The SMILES string of the molecule is CCCc1nc(-c2ccncc2C)[nH]c(=O)c1Br. The van der Waals surface area contributed by atoms with Crippen molar-refractivity contribution in [3.63, 3.8) is 0 Å². The van der Waals surface area contributed by atoms with Crippen molar-refractivity contribution >= 4 is 15.9 Å². The average molecular weight is 308 g/mol. The first-order valence-corrected chi connectivity index (χ1v) is 6.62. The molecule has 2 aromatic heterocycles. The molecule has 0 bridgehead atoms. The number of rotatable bonds is 3. The lowest BCUT2D eigenvalue weighted by Crippen LogP contribution is -2.14. The van der Waals surface area contributed by atoms with Gasteiger partial charge in [-0.1, -0.05) is 13.3 Å². The normalized spacial score (nSPS) is 10.6. The van der Waals surface area contributed by atoms with Crippen molar-refractivity contribution in [3.8, 4) is 11.4 Å². The summed E-state index contributed by atoms with van der Waals surface area (Å²) < 4.78 is 0.528. The number of aryl methyl sites for hydroxylation is 2. The van der Waals surface area contributed by atoms with Crippen LogP contribution in [-0.4, -0.2) is 15.0 Å². The lowest BCUT2D eigenvalue weighted by atomic mass is 10.1. The number of nitrogens with one attached hydrogen (secondary N) is 1. The molecule has 0 spiro atoms. The Bertz CT molecular complexity index is 622. The molecular weight excluding hydrogens is 294 g/mol. The van der Waals surface area contributed by atoms with Gasteiger partial charge < -0.3 is 4.98 Å². The number of hydrogen-bond donors (Lipinski definition) is 1. The third kappa shape index (κ3) is 2.51. The van der Waals surface area contributed by atoms with Crippen LogP contribution in [0.1, 0.15) is 24.6 Å². The Morgan fingerprint density at radius 2 is 2.22 bits per heavy atom. The molecule has 0 fully saturated rings. The minimum atomic E-state index is -0.139. The molecule has 0 aromatic carbocycles. The molecule has 94 valence electrons. The van der Waals surface area contributed by atoms with Gasteiger partial charge in [0.05, 0.1) is 5.69 Å². The summed E-state index contributed by atoms with van der Waals surface area (Å²) in [5.41, 5.74) is 2.56. The predicted octanol–water partition coefficient (Wildman–Crippen LogP) is 2.86. The Morgan fingerprint density at radius 3 is 2.89 bits per heavy atom. The summed E-state index contributed by atoms with van der Waals surface area (Å²) in [6.07, 6.45) is 5.19. The molecule has 0 unspecified atom stereocenters. The van der Waals surface area contributed by atoms with Gasteiger partial charge in [-0.2, -0.15) is 0 Å².